The second kappa shape index (κ2) is 7.11. The molecule has 112 valence electrons. The number of carbonyl (C=O) groups is 1. The number of amides is 1. The molecule has 0 saturated heterocycles. The van der Waals surface area contributed by atoms with E-state index in [2.05, 4.69) is 44.9 Å². The minimum Gasteiger partial charge on any atom is -0.347 e. The second-order valence-electron chi connectivity index (χ2n) is 6.40. The largest absolute Gasteiger partial charge is 0.347 e. The number of aromatic nitrogens is 1. The van der Waals surface area contributed by atoms with Gasteiger partial charge in [0.2, 0.25) is 5.91 Å². The van der Waals surface area contributed by atoms with E-state index in [4.69, 9.17) is 0 Å². The van der Waals surface area contributed by atoms with Crippen LogP contribution in [0.2, 0.25) is 0 Å². The van der Waals surface area contributed by atoms with Crippen molar-refractivity contribution in [2.45, 2.75) is 52.3 Å². The molecular formula is C16H26N2OS. The molecule has 0 aliphatic heterocycles. The van der Waals surface area contributed by atoms with Crippen LogP contribution in [0.3, 0.4) is 0 Å². The lowest BCUT2D eigenvalue weighted by Crippen LogP contribution is -2.34. The van der Waals surface area contributed by atoms with E-state index < -0.39 is 0 Å². The number of carbonyl (C=O) groups excluding carboxylic acids is 1. The zero-order valence-electron chi connectivity index (χ0n) is 13.4. The number of rotatable bonds is 5. The smallest absolute Gasteiger partial charge is 0.230 e. The van der Waals surface area contributed by atoms with Crippen LogP contribution in [0.25, 0.3) is 0 Å². The van der Waals surface area contributed by atoms with Gasteiger partial charge in [0.25, 0.3) is 0 Å². The molecule has 0 saturated carbocycles. The van der Waals surface area contributed by atoms with E-state index in [9.17, 15) is 4.79 Å². The van der Waals surface area contributed by atoms with Gasteiger partial charge in [0.15, 0.2) is 0 Å². The van der Waals surface area contributed by atoms with Crippen molar-refractivity contribution >= 4 is 17.7 Å². The molecule has 0 spiro atoms. The number of hydrogen-bond acceptors (Lipinski definition) is 3. The van der Waals surface area contributed by atoms with E-state index in [0.29, 0.717) is 11.7 Å². The number of nitrogens with zero attached hydrogens (tertiary/aromatic N) is 1. The van der Waals surface area contributed by atoms with Crippen LogP contribution in [0.5, 0.6) is 0 Å². The van der Waals surface area contributed by atoms with E-state index in [1.54, 1.807) is 18.0 Å². The summed E-state index contributed by atoms with van der Waals surface area (Å²) in [7, 11) is 0. The minimum atomic E-state index is -0.0238. The molecule has 1 rings (SSSR count). The van der Waals surface area contributed by atoms with E-state index in [1.165, 1.54) is 0 Å². The van der Waals surface area contributed by atoms with E-state index >= 15 is 0 Å². The van der Waals surface area contributed by atoms with Gasteiger partial charge < -0.3 is 5.32 Å². The van der Waals surface area contributed by atoms with Crippen molar-refractivity contribution in [3.8, 4) is 0 Å². The summed E-state index contributed by atoms with van der Waals surface area (Å²) in [5, 5.41) is 3.12. The molecule has 0 radical (unpaired) electrons. The predicted octanol–water partition coefficient (Wildman–Crippen LogP) is 3.74. The van der Waals surface area contributed by atoms with Gasteiger partial charge in [-0.3, -0.25) is 9.78 Å². The molecule has 3 nitrogen and oxygen atoms in total. The van der Waals surface area contributed by atoms with E-state index in [0.717, 1.165) is 11.3 Å². The van der Waals surface area contributed by atoms with Crippen LogP contribution in [0, 0.1) is 12.8 Å². The van der Waals surface area contributed by atoms with Crippen molar-refractivity contribution in [2.24, 2.45) is 5.92 Å². The van der Waals surface area contributed by atoms with Gasteiger partial charge in [-0.25, -0.2) is 0 Å². The third kappa shape index (κ3) is 5.53. The fraction of sp³-hybridized carbons (Fsp3) is 0.625. The Hall–Kier alpha value is -1.03. The first kappa shape index (κ1) is 17.0. The molecule has 1 aromatic heterocycles. The van der Waals surface area contributed by atoms with E-state index in [-0.39, 0.29) is 16.7 Å². The highest BCUT2D eigenvalue weighted by Gasteiger charge is 2.22. The molecule has 1 unspecified atom stereocenters. The summed E-state index contributed by atoms with van der Waals surface area (Å²) in [5.41, 5.74) is 2.09. The number of pyridine rings is 1. The third-order valence-corrected chi connectivity index (χ3v) is 4.24. The molecule has 0 fully saturated rings. The number of hydrogen-bond donors (Lipinski definition) is 1. The Bertz CT molecular complexity index is 452. The maximum absolute atomic E-state index is 12.1. The summed E-state index contributed by atoms with van der Waals surface area (Å²) in [6.45, 7) is 12.6. The highest BCUT2D eigenvalue weighted by Crippen LogP contribution is 2.25. The van der Waals surface area contributed by atoms with Gasteiger partial charge in [-0.2, -0.15) is 0 Å². The van der Waals surface area contributed by atoms with Crippen LogP contribution in [0.15, 0.2) is 18.3 Å². The van der Waals surface area contributed by atoms with Crippen LogP contribution in [-0.4, -0.2) is 21.4 Å². The van der Waals surface area contributed by atoms with Crippen molar-refractivity contribution in [1.82, 2.24) is 10.3 Å². The molecule has 1 heterocycles. The maximum Gasteiger partial charge on any atom is 0.230 e. The van der Waals surface area contributed by atoms with Crippen molar-refractivity contribution in [1.29, 1.82) is 0 Å². The summed E-state index contributed by atoms with van der Waals surface area (Å²) in [4.78, 5) is 16.6. The molecule has 1 atom stereocenters. The Morgan fingerprint density at radius 1 is 1.40 bits per heavy atom. The van der Waals surface area contributed by atoms with Crippen molar-refractivity contribution in [3.63, 3.8) is 0 Å². The molecule has 20 heavy (non-hydrogen) atoms. The highest BCUT2D eigenvalue weighted by atomic mass is 32.2. The Kier molecular flexibility index (Phi) is 6.06. The second-order valence-corrected chi connectivity index (χ2v) is 8.20. The Labute approximate surface area is 126 Å². The number of thioether (sulfide) groups is 1. The number of aryl methyl sites for hydroxylation is 1. The summed E-state index contributed by atoms with van der Waals surface area (Å²) in [6, 6.07) is 3.94. The lowest BCUT2D eigenvalue weighted by Gasteiger charge is -2.24. The molecule has 0 aliphatic carbocycles. The minimum absolute atomic E-state index is 0.0238. The van der Waals surface area contributed by atoms with Crippen LogP contribution >= 0.6 is 11.8 Å². The fourth-order valence-electron chi connectivity index (χ4n) is 1.87. The molecule has 1 N–H and O–H groups in total. The van der Waals surface area contributed by atoms with Gasteiger partial charge in [-0.05, 0) is 24.5 Å². The average Bonchev–Trinajstić information content (AvgIpc) is 2.33. The molecule has 0 aromatic carbocycles. The summed E-state index contributed by atoms with van der Waals surface area (Å²) in [6.07, 6.45) is 1.79. The predicted molar refractivity (Wildman–Crippen MR) is 86.9 cm³/mol. The van der Waals surface area contributed by atoms with Crippen molar-refractivity contribution in [3.05, 3.63) is 29.6 Å². The maximum atomic E-state index is 12.1. The summed E-state index contributed by atoms with van der Waals surface area (Å²) >= 11 is 1.66. The first-order valence-electron chi connectivity index (χ1n) is 7.05. The van der Waals surface area contributed by atoms with E-state index in [1.807, 2.05) is 19.1 Å². The monoisotopic (exact) mass is 294 g/mol. The topological polar surface area (TPSA) is 42.0 Å². The zero-order valence-corrected chi connectivity index (χ0v) is 14.2. The van der Waals surface area contributed by atoms with Gasteiger partial charge in [0, 0.05) is 10.9 Å². The zero-order chi connectivity index (χ0) is 15.3. The molecule has 4 heteroatoms. The van der Waals surface area contributed by atoms with Gasteiger partial charge in [-0.15, -0.1) is 11.8 Å². The van der Waals surface area contributed by atoms with Crippen molar-refractivity contribution < 1.29 is 4.79 Å². The summed E-state index contributed by atoms with van der Waals surface area (Å²) in [5.74, 6) is 0.874. The highest BCUT2D eigenvalue weighted by molar-refractivity contribution is 8.01. The molecule has 1 amide bonds. The van der Waals surface area contributed by atoms with Gasteiger partial charge in [0.1, 0.15) is 0 Å². The first-order valence-corrected chi connectivity index (χ1v) is 8.04. The Morgan fingerprint density at radius 3 is 2.55 bits per heavy atom. The molecule has 0 aliphatic rings. The standard InChI is InChI=1S/C16H26N2OS/c1-11(2)14(15-12(3)8-7-9-17-15)18-13(19)10-20-16(4,5)6/h7-9,11,14H,10H2,1-6H3,(H,18,19). The average molecular weight is 294 g/mol. The van der Waals surface area contributed by atoms with Gasteiger partial charge in [0.05, 0.1) is 17.5 Å². The summed E-state index contributed by atoms with van der Waals surface area (Å²) < 4.78 is 0.103. The van der Waals surface area contributed by atoms with Crippen molar-refractivity contribution in [2.75, 3.05) is 5.75 Å². The molecular weight excluding hydrogens is 268 g/mol. The Morgan fingerprint density at radius 2 is 2.05 bits per heavy atom. The lowest BCUT2D eigenvalue weighted by atomic mass is 9.97. The van der Waals surface area contributed by atoms with Crippen LogP contribution in [-0.2, 0) is 4.79 Å². The molecule has 1 aromatic rings. The normalized spacial score (nSPS) is 13.3. The van der Waals surface area contributed by atoms with Crippen LogP contribution in [0.4, 0.5) is 0 Å². The van der Waals surface area contributed by atoms with Crippen LogP contribution < -0.4 is 5.32 Å². The number of nitrogens with one attached hydrogen (secondary N) is 1. The first-order chi connectivity index (χ1) is 9.20. The SMILES string of the molecule is Cc1cccnc1C(NC(=O)CSC(C)(C)C)C(C)C. The lowest BCUT2D eigenvalue weighted by molar-refractivity contribution is -0.119. The molecule has 0 bridgehead atoms. The van der Waals surface area contributed by atoms with Gasteiger partial charge >= 0.3 is 0 Å². The fourth-order valence-corrected chi connectivity index (χ4v) is 2.52. The van der Waals surface area contributed by atoms with Crippen LogP contribution in [0.1, 0.15) is 51.9 Å². The third-order valence-electron chi connectivity index (χ3n) is 2.96. The Balaban J connectivity index is 2.74. The van der Waals surface area contributed by atoms with Gasteiger partial charge in [-0.1, -0.05) is 40.7 Å². The quantitative estimate of drug-likeness (QED) is 0.899.